The summed E-state index contributed by atoms with van der Waals surface area (Å²) in [4.78, 5) is 12.2. The Bertz CT molecular complexity index is 1610. The van der Waals surface area contributed by atoms with E-state index in [4.69, 9.17) is 35.2 Å². The lowest BCUT2D eigenvalue weighted by atomic mass is 9.75. The molecule has 1 aliphatic rings. The Hall–Kier alpha value is -2.41. The maximum atomic E-state index is 12.0. The molecule has 0 spiro atoms. The van der Waals surface area contributed by atoms with Gasteiger partial charge in [-0.1, -0.05) is 64.0 Å². The van der Waals surface area contributed by atoms with Gasteiger partial charge in [-0.15, -0.1) is 0 Å². The van der Waals surface area contributed by atoms with Gasteiger partial charge >= 0.3 is 13.1 Å². The van der Waals surface area contributed by atoms with E-state index in [0.29, 0.717) is 17.7 Å². The van der Waals surface area contributed by atoms with E-state index in [1.807, 2.05) is 103 Å². The van der Waals surface area contributed by atoms with Crippen molar-refractivity contribution >= 4 is 54.2 Å². The van der Waals surface area contributed by atoms with Crippen LogP contribution in [0.5, 0.6) is 5.75 Å². The summed E-state index contributed by atoms with van der Waals surface area (Å²) in [5.74, 6) is 0.570. The van der Waals surface area contributed by atoms with Crippen LogP contribution in [0.4, 0.5) is 0 Å². The molecule has 2 N–H and O–H groups in total. The number of methoxy groups -OCH3 is 2. The van der Waals surface area contributed by atoms with Crippen molar-refractivity contribution in [2.75, 3.05) is 14.2 Å². The highest BCUT2D eigenvalue weighted by molar-refractivity contribution is 9.10. The quantitative estimate of drug-likeness (QED) is 0.165. The number of halogens is 2. The number of hydrogen-bond acceptors (Lipinski definition) is 8. The normalized spacial score (nSPS) is 15.2. The number of benzene rings is 3. The van der Waals surface area contributed by atoms with Crippen molar-refractivity contribution in [1.29, 1.82) is 0 Å². The molecule has 4 rings (SSSR count). The molecule has 252 valence electrons. The van der Waals surface area contributed by atoms with E-state index in [0.717, 1.165) is 32.4 Å². The third-order valence-corrected chi connectivity index (χ3v) is 10.2. The molecule has 3 aromatic carbocycles. The van der Waals surface area contributed by atoms with Gasteiger partial charge in [-0.3, -0.25) is 4.79 Å². The van der Waals surface area contributed by atoms with E-state index in [1.54, 1.807) is 21.0 Å². The Kier molecular flexibility index (Phi) is 13.5. The maximum absolute atomic E-state index is 12.0. The number of aryl methyl sites for hydroxylation is 3. The molecule has 1 fully saturated rings. The Morgan fingerprint density at radius 1 is 0.957 bits per heavy atom. The standard InChI is InChI=1S/C17H25BO4.C9H11ClO2S.C8H10BrNO/c1-15(2,14(19)20-7)12-9-8-10-13(11-12)18-21-16(3,4)17(5,6)22-18;1-6-4-7(2)9(8(3)5-6)13(10,11)12;1-11-8-4-7(9)3-2-6(8)5-10/h8-11H,1-7H3;4-5H,1-3H3;2-4H,5,10H2,1H3. The van der Waals surface area contributed by atoms with E-state index in [1.165, 1.54) is 7.11 Å². The molecular weight excluding hydrogens is 693 g/mol. The van der Waals surface area contributed by atoms with Gasteiger partial charge < -0.3 is 24.5 Å². The summed E-state index contributed by atoms with van der Waals surface area (Å²) in [5, 5.41) is 0. The van der Waals surface area contributed by atoms with E-state index >= 15 is 0 Å². The van der Waals surface area contributed by atoms with Crippen molar-refractivity contribution < 1.29 is 32.0 Å². The van der Waals surface area contributed by atoms with E-state index in [-0.39, 0.29) is 22.1 Å². The number of carbonyl (C=O) groups excluding carboxylic acids is 1. The number of rotatable bonds is 6. The summed E-state index contributed by atoms with van der Waals surface area (Å²) in [5.41, 5.74) is 9.26. The zero-order valence-corrected chi connectivity index (χ0v) is 31.7. The summed E-state index contributed by atoms with van der Waals surface area (Å²) in [6.45, 7) is 17.7. The van der Waals surface area contributed by atoms with Gasteiger partial charge in [-0.2, -0.15) is 0 Å². The van der Waals surface area contributed by atoms with Crippen LogP contribution in [0.2, 0.25) is 0 Å². The second kappa shape index (κ2) is 15.7. The molecule has 8 nitrogen and oxygen atoms in total. The van der Waals surface area contributed by atoms with Crippen LogP contribution in [0.3, 0.4) is 0 Å². The minimum absolute atomic E-state index is 0.236. The molecule has 0 radical (unpaired) electrons. The van der Waals surface area contributed by atoms with E-state index in [9.17, 15) is 13.2 Å². The first-order valence-electron chi connectivity index (χ1n) is 14.7. The highest BCUT2D eigenvalue weighted by Gasteiger charge is 2.51. The third kappa shape index (κ3) is 9.81. The van der Waals surface area contributed by atoms with Crippen LogP contribution in [0.1, 0.15) is 69.4 Å². The molecule has 0 unspecified atom stereocenters. The molecule has 0 amide bonds. The number of nitrogens with two attached hydrogens (primary N) is 1. The predicted molar refractivity (Wildman–Crippen MR) is 189 cm³/mol. The average Bonchev–Trinajstić information content (AvgIpc) is 3.18. The molecule has 1 heterocycles. The van der Waals surface area contributed by atoms with Crippen LogP contribution in [0.15, 0.2) is 64.0 Å². The van der Waals surface area contributed by atoms with Crippen molar-refractivity contribution in [1.82, 2.24) is 0 Å². The molecule has 0 aromatic heterocycles. The predicted octanol–water partition coefficient (Wildman–Crippen LogP) is 6.89. The van der Waals surface area contributed by atoms with Gasteiger partial charge in [0.1, 0.15) is 5.75 Å². The fourth-order valence-corrected chi connectivity index (χ4v) is 6.82. The molecule has 3 aromatic rings. The minimum Gasteiger partial charge on any atom is -0.496 e. The molecule has 0 atom stereocenters. The first-order chi connectivity index (χ1) is 21.1. The summed E-state index contributed by atoms with van der Waals surface area (Å²) in [6.07, 6.45) is 0. The average molecular weight is 739 g/mol. The molecule has 46 heavy (non-hydrogen) atoms. The van der Waals surface area contributed by atoms with Crippen LogP contribution in [0.25, 0.3) is 0 Å². The van der Waals surface area contributed by atoms with E-state index in [2.05, 4.69) is 15.9 Å². The number of ether oxygens (including phenoxy) is 2. The van der Waals surface area contributed by atoms with E-state index < -0.39 is 21.6 Å². The lowest BCUT2D eigenvalue weighted by Crippen LogP contribution is -2.41. The van der Waals surface area contributed by atoms with Crippen LogP contribution >= 0.6 is 26.6 Å². The summed E-state index contributed by atoms with van der Waals surface area (Å²) in [7, 11) is 4.30. The Balaban J connectivity index is 0.000000261. The molecule has 0 saturated carbocycles. The fraction of sp³-hybridized carbons (Fsp3) is 0.441. The fourth-order valence-electron chi connectivity index (χ4n) is 4.86. The molecule has 12 heteroatoms. The first-order valence-corrected chi connectivity index (χ1v) is 17.8. The summed E-state index contributed by atoms with van der Waals surface area (Å²) in [6, 6.07) is 17.2. The topological polar surface area (TPSA) is 114 Å². The van der Waals surface area contributed by atoms with Crippen LogP contribution in [-0.2, 0) is 39.9 Å². The molecule has 0 bridgehead atoms. The smallest absolute Gasteiger partial charge is 0.494 e. The number of hydrogen-bond donors (Lipinski definition) is 1. The first kappa shape index (κ1) is 39.8. The maximum Gasteiger partial charge on any atom is 0.494 e. The lowest BCUT2D eigenvalue weighted by molar-refractivity contribution is -0.146. The lowest BCUT2D eigenvalue weighted by Gasteiger charge is -2.32. The second-order valence-electron chi connectivity index (χ2n) is 12.7. The summed E-state index contributed by atoms with van der Waals surface area (Å²) >= 11 is 3.35. The molecule has 0 aliphatic carbocycles. The second-order valence-corrected chi connectivity index (χ2v) is 16.1. The number of esters is 1. The van der Waals surface area contributed by atoms with Gasteiger partial charge in [0.25, 0.3) is 9.05 Å². The van der Waals surface area contributed by atoms with Crippen molar-refractivity contribution in [3.63, 3.8) is 0 Å². The van der Waals surface area contributed by atoms with Gasteiger partial charge in [0.2, 0.25) is 0 Å². The van der Waals surface area contributed by atoms with Gasteiger partial charge in [-0.25, -0.2) is 8.42 Å². The van der Waals surface area contributed by atoms with Crippen molar-refractivity contribution in [3.05, 3.63) is 86.9 Å². The highest BCUT2D eigenvalue weighted by Crippen LogP contribution is 2.37. The SMILES string of the molecule is COC(=O)C(C)(C)c1cccc(B2OC(C)(C)C(C)(C)O2)c1.COc1cc(Br)ccc1CN.Cc1cc(C)c(S(=O)(=O)Cl)c(C)c1. The van der Waals surface area contributed by atoms with Gasteiger partial charge in [0.15, 0.2) is 0 Å². The largest absolute Gasteiger partial charge is 0.496 e. The molecule has 1 saturated heterocycles. The van der Waals surface area contributed by atoms with Gasteiger partial charge in [-0.05, 0) is 96.6 Å². The number of carbonyl (C=O) groups is 1. The zero-order valence-electron chi connectivity index (χ0n) is 28.6. The molecular formula is C34H46BBrClNO7S. The van der Waals surface area contributed by atoms with Gasteiger partial charge in [0.05, 0.1) is 35.7 Å². The molecule has 1 aliphatic heterocycles. The summed E-state index contributed by atoms with van der Waals surface area (Å²) < 4.78 is 45.4. The van der Waals surface area contributed by atoms with Crippen molar-refractivity contribution in [3.8, 4) is 5.75 Å². The Morgan fingerprint density at radius 3 is 1.96 bits per heavy atom. The van der Waals surface area contributed by atoms with Crippen molar-refractivity contribution in [2.24, 2.45) is 5.73 Å². The highest BCUT2D eigenvalue weighted by atomic mass is 79.9. The van der Waals surface area contributed by atoms with Crippen molar-refractivity contribution in [2.45, 2.75) is 90.4 Å². The zero-order chi connectivity index (χ0) is 35.3. The monoisotopic (exact) mass is 737 g/mol. The van der Waals surface area contributed by atoms with Crippen LogP contribution in [0, 0.1) is 20.8 Å². The van der Waals surface area contributed by atoms with Gasteiger partial charge in [0, 0.05) is 27.3 Å². The minimum atomic E-state index is -3.61. The van der Waals surface area contributed by atoms with Crippen LogP contribution < -0.4 is 15.9 Å². The Labute approximate surface area is 288 Å². The third-order valence-electron chi connectivity index (χ3n) is 8.15. The Morgan fingerprint density at radius 2 is 1.50 bits per heavy atom. The van der Waals surface area contributed by atoms with Crippen LogP contribution in [-0.4, -0.2) is 46.9 Å².